The monoisotopic (exact) mass is 263 g/mol. The number of nitrogens with one attached hydrogen (secondary N) is 1. The molecule has 17 heavy (non-hydrogen) atoms. The summed E-state index contributed by atoms with van der Waals surface area (Å²) in [7, 11) is 0. The van der Waals surface area contributed by atoms with Crippen molar-refractivity contribution in [2.45, 2.75) is 0 Å². The molecule has 1 heterocycles. The molecule has 0 spiro atoms. The molecule has 0 aliphatic rings. The highest BCUT2D eigenvalue weighted by molar-refractivity contribution is 6.33. The van der Waals surface area contributed by atoms with Gasteiger partial charge in [-0.05, 0) is 30.3 Å². The normalized spacial score (nSPS) is 9.71. The highest BCUT2D eigenvalue weighted by Gasteiger charge is 2.03. The zero-order chi connectivity index (χ0) is 12.3. The quantitative estimate of drug-likeness (QED) is 0.834. The van der Waals surface area contributed by atoms with Gasteiger partial charge in [-0.15, -0.1) is 0 Å². The van der Waals surface area contributed by atoms with Gasteiger partial charge in [0.15, 0.2) is 0 Å². The van der Waals surface area contributed by atoms with Crippen molar-refractivity contribution in [3.63, 3.8) is 0 Å². The second kappa shape index (κ2) is 5.05. The third kappa shape index (κ3) is 2.88. The molecule has 0 amide bonds. The van der Waals surface area contributed by atoms with Crippen molar-refractivity contribution in [2.24, 2.45) is 0 Å². The number of rotatable bonds is 2. The zero-order valence-electron chi connectivity index (χ0n) is 8.61. The van der Waals surface area contributed by atoms with E-state index in [1.807, 2.05) is 0 Å². The second-order valence-corrected chi connectivity index (χ2v) is 4.09. The molecule has 0 atom stereocenters. The molecule has 2 rings (SSSR count). The first-order chi connectivity index (χ1) is 8.19. The standard InChI is InChI=1S/C12H7Cl2N3/c13-10-2-1-8(7-15)5-11(10)17-9-3-4-16-12(14)6-9/h1-6H,(H,16,17). The first-order valence-corrected chi connectivity index (χ1v) is 5.53. The van der Waals surface area contributed by atoms with Gasteiger partial charge in [0.25, 0.3) is 0 Å². The van der Waals surface area contributed by atoms with Gasteiger partial charge in [0.1, 0.15) is 5.15 Å². The predicted molar refractivity (Wildman–Crippen MR) is 68.7 cm³/mol. The number of nitrogens with zero attached hydrogens (tertiary/aromatic N) is 2. The minimum absolute atomic E-state index is 0.391. The number of pyridine rings is 1. The van der Waals surface area contributed by atoms with Gasteiger partial charge in [-0.1, -0.05) is 23.2 Å². The van der Waals surface area contributed by atoms with Gasteiger partial charge in [-0.25, -0.2) is 4.98 Å². The fourth-order valence-corrected chi connectivity index (χ4v) is 1.67. The molecular weight excluding hydrogens is 257 g/mol. The Balaban J connectivity index is 2.33. The Morgan fingerprint density at radius 2 is 2.00 bits per heavy atom. The highest BCUT2D eigenvalue weighted by Crippen LogP contribution is 2.26. The molecule has 0 aliphatic heterocycles. The summed E-state index contributed by atoms with van der Waals surface area (Å²) in [6.07, 6.45) is 1.59. The number of hydrogen-bond donors (Lipinski definition) is 1. The molecule has 0 fully saturated rings. The molecule has 1 aromatic carbocycles. The summed E-state index contributed by atoms with van der Waals surface area (Å²) in [5, 5.41) is 12.8. The third-order valence-electron chi connectivity index (χ3n) is 2.10. The fourth-order valence-electron chi connectivity index (χ4n) is 1.33. The van der Waals surface area contributed by atoms with Crippen molar-refractivity contribution < 1.29 is 0 Å². The lowest BCUT2D eigenvalue weighted by molar-refractivity contribution is 1.32. The van der Waals surface area contributed by atoms with Crippen LogP contribution in [0.1, 0.15) is 5.56 Å². The molecule has 0 bridgehead atoms. The zero-order valence-corrected chi connectivity index (χ0v) is 10.1. The molecule has 2 aromatic rings. The van der Waals surface area contributed by atoms with E-state index in [1.165, 1.54) is 0 Å². The van der Waals surface area contributed by atoms with Crippen LogP contribution < -0.4 is 5.32 Å². The SMILES string of the molecule is N#Cc1ccc(Cl)c(Nc2ccnc(Cl)c2)c1. The lowest BCUT2D eigenvalue weighted by Crippen LogP contribution is -1.92. The maximum Gasteiger partial charge on any atom is 0.131 e. The Morgan fingerprint density at radius 3 is 2.71 bits per heavy atom. The summed E-state index contributed by atoms with van der Waals surface area (Å²) in [5.41, 5.74) is 1.96. The van der Waals surface area contributed by atoms with Gasteiger partial charge >= 0.3 is 0 Å². The van der Waals surface area contributed by atoms with Crippen molar-refractivity contribution in [1.82, 2.24) is 4.98 Å². The minimum Gasteiger partial charge on any atom is -0.354 e. The van der Waals surface area contributed by atoms with Crippen LogP contribution in [0.3, 0.4) is 0 Å². The molecule has 84 valence electrons. The van der Waals surface area contributed by atoms with Crippen LogP contribution in [0.15, 0.2) is 36.5 Å². The van der Waals surface area contributed by atoms with Crippen LogP contribution in [0.2, 0.25) is 10.2 Å². The molecule has 1 N–H and O–H groups in total. The number of nitriles is 1. The number of benzene rings is 1. The van der Waals surface area contributed by atoms with Crippen LogP contribution in [0.4, 0.5) is 11.4 Å². The van der Waals surface area contributed by atoms with Crippen molar-refractivity contribution in [1.29, 1.82) is 5.26 Å². The van der Waals surface area contributed by atoms with E-state index in [2.05, 4.69) is 16.4 Å². The minimum atomic E-state index is 0.391. The van der Waals surface area contributed by atoms with E-state index in [-0.39, 0.29) is 0 Å². The topological polar surface area (TPSA) is 48.7 Å². The van der Waals surface area contributed by atoms with Gasteiger partial charge in [0.2, 0.25) is 0 Å². The van der Waals surface area contributed by atoms with Gasteiger partial charge in [-0.2, -0.15) is 5.26 Å². The average molecular weight is 264 g/mol. The third-order valence-corrected chi connectivity index (χ3v) is 2.64. The smallest absolute Gasteiger partial charge is 0.131 e. The van der Waals surface area contributed by atoms with E-state index in [1.54, 1.807) is 36.5 Å². The lowest BCUT2D eigenvalue weighted by Gasteiger charge is -2.08. The van der Waals surface area contributed by atoms with E-state index in [0.717, 1.165) is 5.69 Å². The first-order valence-electron chi connectivity index (χ1n) is 4.77. The number of halogens is 2. The predicted octanol–water partition coefficient (Wildman–Crippen LogP) is 4.00. The summed E-state index contributed by atoms with van der Waals surface area (Å²) in [6.45, 7) is 0. The molecule has 0 saturated heterocycles. The molecule has 0 aliphatic carbocycles. The number of aromatic nitrogens is 1. The maximum absolute atomic E-state index is 8.81. The Hall–Kier alpha value is -1.76. The number of hydrogen-bond acceptors (Lipinski definition) is 3. The summed E-state index contributed by atoms with van der Waals surface area (Å²) in [5.74, 6) is 0. The van der Waals surface area contributed by atoms with E-state index in [4.69, 9.17) is 28.5 Å². The average Bonchev–Trinajstić information content (AvgIpc) is 2.32. The van der Waals surface area contributed by atoms with Gasteiger partial charge in [0.05, 0.1) is 22.3 Å². The first kappa shape index (κ1) is 11.7. The van der Waals surface area contributed by atoms with Crippen LogP contribution in [0.25, 0.3) is 0 Å². The molecule has 3 nitrogen and oxygen atoms in total. The molecule has 1 aromatic heterocycles. The molecule has 0 unspecified atom stereocenters. The van der Waals surface area contributed by atoms with Gasteiger partial charge < -0.3 is 5.32 Å². The van der Waals surface area contributed by atoms with E-state index in [9.17, 15) is 0 Å². The Bertz CT molecular complexity index is 591. The van der Waals surface area contributed by atoms with Crippen LogP contribution in [-0.4, -0.2) is 4.98 Å². The molecule has 0 saturated carbocycles. The summed E-state index contributed by atoms with van der Waals surface area (Å²) in [4.78, 5) is 3.88. The molecule has 0 radical (unpaired) electrons. The van der Waals surface area contributed by atoms with E-state index < -0.39 is 0 Å². The van der Waals surface area contributed by atoms with E-state index >= 15 is 0 Å². The highest BCUT2D eigenvalue weighted by atomic mass is 35.5. The number of anilines is 2. The Kier molecular flexibility index (Phi) is 3.48. The van der Waals surface area contributed by atoms with Crippen molar-refractivity contribution in [3.05, 3.63) is 52.3 Å². The van der Waals surface area contributed by atoms with Crippen LogP contribution in [0, 0.1) is 11.3 Å². The fraction of sp³-hybridized carbons (Fsp3) is 0. The van der Waals surface area contributed by atoms with Crippen LogP contribution in [-0.2, 0) is 0 Å². The van der Waals surface area contributed by atoms with E-state index in [0.29, 0.717) is 21.4 Å². The van der Waals surface area contributed by atoms with Gasteiger partial charge in [0, 0.05) is 11.9 Å². The van der Waals surface area contributed by atoms with Crippen LogP contribution in [0.5, 0.6) is 0 Å². The molecular formula is C12H7Cl2N3. The summed E-state index contributed by atoms with van der Waals surface area (Å²) in [6, 6.07) is 10.5. The van der Waals surface area contributed by atoms with Gasteiger partial charge in [-0.3, -0.25) is 0 Å². The Labute approximate surface area is 109 Å². The van der Waals surface area contributed by atoms with Crippen molar-refractivity contribution in [3.8, 4) is 6.07 Å². The lowest BCUT2D eigenvalue weighted by atomic mass is 10.2. The van der Waals surface area contributed by atoms with Crippen LogP contribution >= 0.6 is 23.2 Å². The Morgan fingerprint density at radius 1 is 1.18 bits per heavy atom. The molecule has 5 heteroatoms. The summed E-state index contributed by atoms with van der Waals surface area (Å²) < 4.78 is 0. The second-order valence-electron chi connectivity index (χ2n) is 3.30. The largest absolute Gasteiger partial charge is 0.354 e. The van der Waals surface area contributed by atoms with Crippen molar-refractivity contribution in [2.75, 3.05) is 5.32 Å². The van der Waals surface area contributed by atoms with Crippen molar-refractivity contribution >= 4 is 34.6 Å². The summed E-state index contributed by atoms with van der Waals surface area (Å²) >= 11 is 11.8. The maximum atomic E-state index is 8.81.